The molecule has 1 heterocycles. The fraction of sp³-hybridized carbons (Fsp3) is 1.00. The van der Waals surface area contributed by atoms with Gasteiger partial charge in [0.1, 0.15) is 0 Å². The van der Waals surface area contributed by atoms with E-state index in [0.717, 1.165) is 5.17 Å². The molecular formula is C5H12N2O6S. The van der Waals surface area contributed by atoms with E-state index in [-0.39, 0.29) is 6.54 Å². The lowest BCUT2D eigenvalue weighted by molar-refractivity contribution is -0.125. The van der Waals surface area contributed by atoms with Crippen molar-refractivity contribution in [3.05, 3.63) is 0 Å². The predicted octanol–water partition coefficient (Wildman–Crippen LogP) is -1.42. The SMILES string of the molecule is COCCOCCN1NOS(=O)(=O)O1. The van der Waals surface area contributed by atoms with Crippen LogP contribution in [0.2, 0.25) is 0 Å². The molecule has 1 fully saturated rings. The molecule has 0 unspecified atom stereocenters. The van der Waals surface area contributed by atoms with E-state index in [9.17, 15) is 8.42 Å². The first-order valence-corrected chi connectivity index (χ1v) is 5.20. The summed E-state index contributed by atoms with van der Waals surface area (Å²) in [5.41, 5.74) is 2.05. The van der Waals surface area contributed by atoms with Gasteiger partial charge in [0.05, 0.1) is 26.4 Å². The summed E-state index contributed by atoms with van der Waals surface area (Å²) < 4.78 is 39.3. The van der Waals surface area contributed by atoms with E-state index in [1.165, 1.54) is 0 Å². The van der Waals surface area contributed by atoms with Crippen molar-refractivity contribution in [2.45, 2.75) is 0 Å². The summed E-state index contributed by atoms with van der Waals surface area (Å²) in [6.07, 6.45) is 0. The molecule has 0 bridgehead atoms. The van der Waals surface area contributed by atoms with Gasteiger partial charge >= 0.3 is 10.4 Å². The molecule has 0 aromatic carbocycles. The van der Waals surface area contributed by atoms with Gasteiger partial charge in [0.25, 0.3) is 0 Å². The standard InChI is InChI=1S/C5H12N2O6S/c1-10-4-5-11-3-2-7-6-12-14(8,9)13-7/h6H,2-5H2,1H3. The molecule has 1 rings (SSSR count). The Hall–Kier alpha value is -0.290. The summed E-state index contributed by atoms with van der Waals surface area (Å²) in [6.45, 7) is 1.46. The van der Waals surface area contributed by atoms with Gasteiger partial charge < -0.3 is 9.47 Å². The number of hydrogen-bond acceptors (Lipinski definition) is 8. The highest BCUT2D eigenvalue weighted by Crippen LogP contribution is 2.04. The molecule has 0 spiro atoms. The average Bonchev–Trinajstić information content (AvgIpc) is 2.45. The lowest BCUT2D eigenvalue weighted by Crippen LogP contribution is -2.32. The van der Waals surface area contributed by atoms with Crippen LogP contribution in [-0.2, 0) is 28.4 Å². The Kier molecular flexibility index (Phi) is 4.68. The minimum Gasteiger partial charge on any atom is -0.382 e. The number of hydrazine groups is 1. The van der Waals surface area contributed by atoms with Crippen molar-refractivity contribution in [3.63, 3.8) is 0 Å². The molecule has 1 saturated heterocycles. The molecule has 0 aromatic rings. The minimum atomic E-state index is -3.91. The molecule has 1 aliphatic heterocycles. The summed E-state index contributed by atoms with van der Waals surface area (Å²) in [7, 11) is -2.34. The molecule has 0 atom stereocenters. The van der Waals surface area contributed by atoms with Gasteiger partial charge in [0.2, 0.25) is 0 Å². The molecule has 1 aliphatic rings. The second-order valence-corrected chi connectivity index (χ2v) is 3.50. The van der Waals surface area contributed by atoms with Crippen LogP contribution in [0.1, 0.15) is 0 Å². The molecule has 0 aliphatic carbocycles. The number of nitrogens with zero attached hydrogens (tertiary/aromatic N) is 1. The lowest BCUT2D eigenvalue weighted by Gasteiger charge is -2.08. The number of rotatable bonds is 6. The van der Waals surface area contributed by atoms with Gasteiger partial charge in [-0.1, -0.05) is 10.8 Å². The average molecular weight is 228 g/mol. The molecule has 8 nitrogen and oxygen atoms in total. The Labute approximate surface area is 81.9 Å². The van der Waals surface area contributed by atoms with Crippen molar-refractivity contribution in [1.29, 1.82) is 0 Å². The Balaban J connectivity index is 2.03. The Bertz CT molecular complexity index is 255. The van der Waals surface area contributed by atoms with E-state index in [0.29, 0.717) is 19.8 Å². The number of methoxy groups -OCH3 is 1. The van der Waals surface area contributed by atoms with E-state index in [1.807, 2.05) is 5.59 Å². The van der Waals surface area contributed by atoms with E-state index in [2.05, 4.69) is 8.57 Å². The van der Waals surface area contributed by atoms with Gasteiger partial charge in [0, 0.05) is 7.11 Å². The molecule has 0 aromatic heterocycles. The van der Waals surface area contributed by atoms with Crippen LogP contribution in [-0.4, -0.2) is 47.1 Å². The van der Waals surface area contributed by atoms with E-state index >= 15 is 0 Å². The zero-order chi connectivity index (χ0) is 10.4. The maximum Gasteiger partial charge on any atom is 0.435 e. The minimum absolute atomic E-state index is 0.225. The molecule has 1 N–H and O–H groups in total. The van der Waals surface area contributed by atoms with Crippen molar-refractivity contribution in [2.24, 2.45) is 0 Å². The maximum atomic E-state index is 10.6. The molecule has 9 heteroatoms. The highest BCUT2D eigenvalue weighted by molar-refractivity contribution is 7.81. The molecule has 0 saturated carbocycles. The number of ether oxygens (including phenoxy) is 2. The van der Waals surface area contributed by atoms with Crippen LogP contribution in [0.15, 0.2) is 0 Å². The molecular weight excluding hydrogens is 216 g/mol. The number of hydroxylamine groups is 1. The first kappa shape index (κ1) is 11.8. The van der Waals surface area contributed by atoms with E-state index in [4.69, 9.17) is 9.47 Å². The summed E-state index contributed by atoms with van der Waals surface area (Å²) in [5, 5.41) is 0.919. The summed E-state index contributed by atoms with van der Waals surface area (Å²) >= 11 is 0. The van der Waals surface area contributed by atoms with Crippen LogP contribution >= 0.6 is 0 Å². The van der Waals surface area contributed by atoms with Crippen LogP contribution in [0.3, 0.4) is 0 Å². The third-order valence-electron chi connectivity index (χ3n) is 1.29. The Morgan fingerprint density at radius 1 is 1.36 bits per heavy atom. The van der Waals surface area contributed by atoms with Crippen molar-refractivity contribution >= 4 is 10.4 Å². The van der Waals surface area contributed by atoms with Crippen LogP contribution in [0.4, 0.5) is 0 Å². The van der Waals surface area contributed by atoms with Gasteiger partial charge in [-0.15, -0.1) is 8.57 Å². The fourth-order valence-electron chi connectivity index (χ4n) is 0.703. The first-order valence-electron chi connectivity index (χ1n) is 3.87. The summed E-state index contributed by atoms with van der Waals surface area (Å²) in [5.74, 6) is 0. The Morgan fingerprint density at radius 3 is 2.71 bits per heavy atom. The second-order valence-electron chi connectivity index (χ2n) is 2.36. The Morgan fingerprint density at radius 2 is 2.14 bits per heavy atom. The first-order chi connectivity index (χ1) is 6.64. The summed E-state index contributed by atoms with van der Waals surface area (Å²) in [6, 6.07) is 0. The molecule has 14 heavy (non-hydrogen) atoms. The van der Waals surface area contributed by atoms with Crippen molar-refractivity contribution in [1.82, 2.24) is 10.8 Å². The number of hydrogen-bond donors (Lipinski definition) is 1. The van der Waals surface area contributed by atoms with Gasteiger partial charge in [-0.3, -0.25) is 0 Å². The highest BCUT2D eigenvalue weighted by atomic mass is 32.3. The maximum absolute atomic E-state index is 10.6. The van der Waals surface area contributed by atoms with Gasteiger partial charge in [0.15, 0.2) is 0 Å². The van der Waals surface area contributed by atoms with Crippen LogP contribution < -0.4 is 5.59 Å². The summed E-state index contributed by atoms with van der Waals surface area (Å²) in [4.78, 5) is 0. The topological polar surface area (TPSA) is 86.3 Å². The zero-order valence-corrected chi connectivity index (χ0v) is 8.45. The van der Waals surface area contributed by atoms with Gasteiger partial charge in [-0.25, -0.2) is 0 Å². The van der Waals surface area contributed by atoms with E-state index in [1.54, 1.807) is 7.11 Å². The molecule has 0 radical (unpaired) electrons. The van der Waals surface area contributed by atoms with Crippen molar-refractivity contribution < 1.29 is 26.5 Å². The zero-order valence-electron chi connectivity index (χ0n) is 7.63. The van der Waals surface area contributed by atoms with Crippen LogP contribution in [0.5, 0.6) is 0 Å². The second kappa shape index (κ2) is 5.56. The largest absolute Gasteiger partial charge is 0.435 e. The smallest absolute Gasteiger partial charge is 0.382 e. The van der Waals surface area contributed by atoms with Crippen LogP contribution in [0.25, 0.3) is 0 Å². The fourth-order valence-corrected chi connectivity index (χ4v) is 1.23. The highest BCUT2D eigenvalue weighted by Gasteiger charge is 2.27. The molecule has 84 valence electrons. The molecule has 0 amide bonds. The monoisotopic (exact) mass is 228 g/mol. The lowest BCUT2D eigenvalue weighted by atomic mass is 10.7. The van der Waals surface area contributed by atoms with Crippen LogP contribution in [0, 0.1) is 0 Å². The van der Waals surface area contributed by atoms with Crippen molar-refractivity contribution in [3.8, 4) is 0 Å². The predicted molar refractivity (Wildman–Crippen MR) is 43.6 cm³/mol. The quantitative estimate of drug-likeness (QED) is 0.554. The van der Waals surface area contributed by atoms with Crippen molar-refractivity contribution in [2.75, 3.05) is 33.5 Å². The normalized spacial score (nSPS) is 21.5. The van der Waals surface area contributed by atoms with E-state index < -0.39 is 10.4 Å². The third kappa shape index (κ3) is 4.28. The third-order valence-corrected chi connectivity index (χ3v) is 1.93. The van der Waals surface area contributed by atoms with Gasteiger partial charge in [-0.2, -0.15) is 8.42 Å². The van der Waals surface area contributed by atoms with Gasteiger partial charge in [-0.05, 0) is 0 Å². The number of nitrogens with one attached hydrogen (secondary N) is 1.